The summed E-state index contributed by atoms with van der Waals surface area (Å²) in [5.41, 5.74) is 0. The molecule has 0 aliphatic heterocycles. The molecular weight excluding hydrogens is 283 g/mol. The van der Waals surface area contributed by atoms with E-state index in [2.05, 4.69) is 5.32 Å². The average Bonchev–Trinajstić information content (AvgIpc) is 2.45. The summed E-state index contributed by atoms with van der Waals surface area (Å²) >= 11 is 0. The van der Waals surface area contributed by atoms with Crippen molar-refractivity contribution in [1.82, 2.24) is 5.32 Å². The van der Waals surface area contributed by atoms with Crippen LogP contribution in [0.4, 0.5) is 13.2 Å². The third-order valence-electron chi connectivity index (χ3n) is 5.09. The molecule has 2 rings (SSSR count). The minimum Gasteiger partial charge on any atom is -0.481 e. The van der Waals surface area contributed by atoms with Gasteiger partial charge in [-0.05, 0) is 51.0 Å². The number of nitrogens with one attached hydrogen (secondary N) is 1. The molecule has 2 N–H and O–H groups in total. The number of carboxylic acids is 1. The molecule has 0 saturated heterocycles. The van der Waals surface area contributed by atoms with E-state index < -0.39 is 18.1 Å². The topological polar surface area (TPSA) is 49.3 Å². The quantitative estimate of drug-likeness (QED) is 0.834. The second-order valence-electron chi connectivity index (χ2n) is 6.49. The maximum atomic E-state index is 12.6. The first-order valence-corrected chi connectivity index (χ1v) is 7.91. The molecule has 2 atom stereocenters. The lowest BCUT2D eigenvalue weighted by Crippen LogP contribution is -2.42. The van der Waals surface area contributed by atoms with Gasteiger partial charge >= 0.3 is 12.1 Å². The molecule has 0 heterocycles. The molecule has 2 aliphatic carbocycles. The average molecular weight is 307 g/mol. The van der Waals surface area contributed by atoms with Crippen LogP contribution in [-0.4, -0.2) is 29.8 Å². The highest BCUT2D eigenvalue weighted by molar-refractivity contribution is 5.70. The molecule has 0 aromatic heterocycles. The molecule has 0 radical (unpaired) electrons. The summed E-state index contributed by atoms with van der Waals surface area (Å²) in [6.07, 6.45) is 1.03. The van der Waals surface area contributed by atoms with Crippen LogP contribution in [0.1, 0.15) is 51.4 Å². The fourth-order valence-corrected chi connectivity index (χ4v) is 3.72. The zero-order valence-electron chi connectivity index (χ0n) is 12.2. The molecule has 0 spiro atoms. The molecule has 2 unspecified atom stereocenters. The van der Waals surface area contributed by atoms with Crippen LogP contribution in [0.5, 0.6) is 0 Å². The Morgan fingerprint density at radius 1 is 1.05 bits per heavy atom. The van der Waals surface area contributed by atoms with E-state index in [0.717, 1.165) is 25.7 Å². The number of hydrogen-bond donors (Lipinski definition) is 2. The van der Waals surface area contributed by atoms with Crippen molar-refractivity contribution in [2.24, 2.45) is 17.8 Å². The number of alkyl halides is 3. The van der Waals surface area contributed by atoms with Gasteiger partial charge in [-0.25, -0.2) is 0 Å². The van der Waals surface area contributed by atoms with Crippen molar-refractivity contribution in [3.63, 3.8) is 0 Å². The number of hydrogen-bond acceptors (Lipinski definition) is 2. The molecular formula is C15H24F3NO2. The minimum atomic E-state index is -4.07. The summed E-state index contributed by atoms with van der Waals surface area (Å²) in [4.78, 5) is 11.2. The van der Waals surface area contributed by atoms with Crippen molar-refractivity contribution in [3.05, 3.63) is 0 Å². The third-order valence-corrected chi connectivity index (χ3v) is 5.09. The van der Waals surface area contributed by atoms with Gasteiger partial charge in [0, 0.05) is 6.04 Å². The Hall–Kier alpha value is -0.780. The van der Waals surface area contributed by atoms with E-state index in [9.17, 15) is 23.1 Å². The van der Waals surface area contributed by atoms with Gasteiger partial charge in [-0.3, -0.25) is 4.79 Å². The van der Waals surface area contributed by atoms with E-state index in [1.54, 1.807) is 0 Å². The predicted molar refractivity (Wildman–Crippen MR) is 72.9 cm³/mol. The summed E-state index contributed by atoms with van der Waals surface area (Å²) in [5, 5.41) is 12.5. The molecule has 6 heteroatoms. The SMILES string of the molecule is O=C(O)C1CCCCC1CNC1CCC(C(F)(F)F)CC1. The lowest BCUT2D eigenvalue weighted by Gasteiger charge is -2.33. The number of carboxylic acid groups (broad SMARTS) is 1. The van der Waals surface area contributed by atoms with Gasteiger partial charge in [-0.1, -0.05) is 12.8 Å². The molecule has 2 fully saturated rings. The van der Waals surface area contributed by atoms with Crippen LogP contribution < -0.4 is 5.32 Å². The van der Waals surface area contributed by atoms with Gasteiger partial charge in [-0.2, -0.15) is 13.2 Å². The van der Waals surface area contributed by atoms with Gasteiger partial charge in [-0.15, -0.1) is 0 Å². The zero-order chi connectivity index (χ0) is 15.5. The molecule has 122 valence electrons. The smallest absolute Gasteiger partial charge is 0.391 e. The van der Waals surface area contributed by atoms with Gasteiger partial charge < -0.3 is 10.4 Å². The Morgan fingerprint density at radius 3 is 2.24 bits per heavy atom. The summed E-state index contributed by atoms with van der Waals surface area (Å²) in [5.74, 6) is -2.06. The van der Waals surface area contributed by atoms with E-state index in [0.29, 0.717) is 19.4 Å². The van der Waals surface area contributed by atoms with Crippen molar-refractivity contribution in [2.45, 2.75) is 63.6 Å². The van der Waals surface area contributed by atoms with Crippen LogP contribution in [0.3, 0.4) is 0 Å². The van der Waals surface area contributed by atoms with E-state index >= 15 is 0 Å². The number of aliphatic carboxylic acids is 1. The number of rotatable bonds is 4. The monoisotopic (exact) mass is 307 g/mol. The molecule has 21 heavy (non-hydrogen) atoms. The second-order valence-corrected chi connectivity index (χ2v) is 6.49. The first-order valence-electron chi connectivity index (χ1n) is 7.91. The van der Waals surface area contributed by atoms with Crippen LogP contribution >= 0.6 is 0 Å². The Balaban J connectivity index is 1.75. The maximum absolute atomic E-state index is 12.6. The highest BCUT2D eigenvalue weighted by atomic mass is 19.4. The van der Waals surface area contributed by atoms with Crippen molar-refractivity contribution >= 4 is 5.97 Å². The van der Waals surface area contributed by atoms with E-state index in [1.165, 1.54) is 0 Å². The van der Waals surface area contributed by atoms with Crippen molar-refractivity contribution in [2.75, 3.05) is 6.54 Å². The Morgan fingerprint density at radius 2 is 1.67 bits per heavy atom. The Labute approximate surface area is 123 Å². The fourth-order valence-electron chi connectivity index (χ4n) is 3.72. The summed E-state index contributed by atoms with van der Waals surface area (Å²) in [6, 6.07) is 0.111. The van der Waals surface area contributed by atoms with Gasteiger partial charge in [0.15, 0.2) is 0 Å². The first kappa shape index (κ1) is 16.6. The van der Waals surface area contributed by atoms with E-state index in [-0.39, 0.29) is 30.7 Å². The maximum Gasteiger partial charge on any atom is 0.391 e. The highest BCUT2D eigenvalue weighted by Crippen LogP contribution is 2.37. The van der Waals surface area contributed by atoms with Gasteiger partial charge in [0.05, 0.1) is 11.8 Å². The largest absolute Gasteiger partial charge is 0.481 e. The van der Waals surface area contributed by atoms with E-state index in [1.807, 2.05) is 0 Å². The van der Waals surface area contributed by atoms with Crippen LogP contribution in [0, 0.1) is 17.8 Å². The van der Waals surface area contributed by atoms with Crippen molar-refractivity contribution in [3.8, 4) is 0 Å². The second kappa shape index (κ2) is 6.99. The number of carbonyl (C=O) groups is 1. The molecule has 3 nitrogen and oxygen atoms in total. The third kappa shape index (κ3) is 4.59. The Kier molecular flexibility index (Phi) is 5.52. The van der Waals surface area contributed by atoms with Crippen molar-refractivity contribution < 1.29 is 23.1 Å². The van der Waals surface area contributed by atoms with Crippen LogP contribution in [0.2, 0.25) is 0 Å². The molecule has 0 bridgehead atoms. The van der Waals surface area contributed by atoms with Crippen LogP contribution in [0.25, 0.3) is 0 Å². The summed E-state index contributed by atoms with van der Waals surface area (Å²) < 4.78 is 37.8. The first-order chi connectivity index (χ1) is 9.88. The highest BCUT2D eigenvalue weighted by Gasteiger charge is 2.41. The van der Waals surface area contributed by atoms with Gasteiger partial charge in [0.2, 0.25) is 0 Å². The van der Waals surface area contributed by atoms with Crippen molar-refractivity contribution in [1.29, 1.82) is 0 Å². The summed E-state index contributed by atoms with van der Waals surface area (Å²) in [7, 11) is 0. The molecule has 0 aromatic carbocycles. The lowest BCUT2D eigenvalue weighted by molar-refractivity contribution is -0.182. The lowest BCUT2D eigenvalue weighted by atomic mass is 9.78. The predicted octanol–water partition coefficient (Wildman–Crippen LogP) is 3.59. The number of halogens is 3. The molecule has 2 aliphatic rings. The molecule has 2 saturated carbocycles. The fraction of sp³-hybridized carbons (Fsp3) is 0.933. The molecule has 0 amide bonds. The summed E-state index contributed by atoms with van der Waals surface area (Å²) in [6.45, 7) is 0.623. The van der Waals surface area contributed by atoms with E-state index in [4.69, 9.17) is 0 Å². The molecule has 0 aromatic rings. The van der Waals surface area contributed by atoms with Crippen LogP contribution in [0.15, 0.2) is 0 Å². The minimum absolute atomic E-state index is 0.111. The normalized spacial score (nSPS) is 34.6. The van der Waals surface area contributed by atoms with Gasteiger partial charge in [0.1, 0.15) is 0 Å². The zero-order valence-corrected chi connectivity index (χ0v) is 12.2. The standard InChI is InChI=1S/C15H24F3NO2/c16-15(17,18)11-5-7-12(8-6-11)19-9-10-3-1-2-4-13(10)14(20)21/h10-13,19H,1-9H2,(H,20,21). The van der Waals surface area contributed by atoms with Crippen LogP contribution in [-0.2, 0) is 4.79 Å². The van der Waals surface area contributed by atoms with Gasteiger partial charge in [0.25, 0.3) is 0 Å². The Bertz CT molecular complexity index is 351.